The smallest absolute Gasteiger partial charge is 0.327 e. The molecule has 5 nitrogen and oxygen atoms in total. The molecule has 0 saturated carbocycles. The highest BCUT2D eigenvalue weighted by Crippen LogP contribution is 2.21. The van der Waals surface area contributed by atoms with Crippen molar-refractivity contribution in [1.29, 1.82) is 0 Å². The van der Waals surface area contributed by atoms with Gasteiger partial charge in [-0.05, 0) is 25.2 Å². The third kappa shape index (κ3) is 3.19. The second kappa shape index (κ2) is 6.13. The first kappa shape index (κ1) is 13.3. The van der Waals surface area contributed by atoms with Crippen LogP contribution in [-0.2, 0) is 4.79 Å². The zero-order valence-corrected chi connectivity index (χ0v) is 11.0. The zero-order valence-electron chi connectivity index (χ0n) is 10.2. The topological polar surface area (TPSA) is 69.6 Å². The van der Waals surface area contributed by atoms with Crippen molar-refractivity contribution in [3.8, 4) is 0 Å². The molecule has 0 bridgehead atoms. The van der Waals surface area contributed by atoms with E-state index in [1.165, 1.54) is 16.7 Å². The van der Waals surface area contributed by atoms with E-state index in [1.54, 1.807) is 0 Å². The molecule has 0 aromatic rings. The Morgan fingerprint density at radius 1 is 1.44 bits per heavy atom. The summed E-state index contributed by atoms with van der Waals surface area (Å²) in [7, 11) is 0. The summed E-state index contributed by atoms with van der Waals surface area (Å²) < 4.78 is 0. The van der Waals surface area contributed by atoms with Gasteiger partial charge >= 0.3 is 12.0 Å². The molecular weight excluding hydrogens is 252 g/mol. The molecule has 2 rings (SSSR count). The minimum absolute atomic E-state index is 0.248. The van der Waals surface area contributed by atoms with Crippen molar-refractivity contribution < 1.29 is 14.7 Å². The number of hydrogen-bond acceptors (Lipinski definition) is 3. The normalized spacial score (nSPS) is 27.2. The first-order valence-corrected chi connectivity index (χ1v) is 7.34. The van der Waals surface area contributed by atoms with Crippen molar-refractivity contribution in [2.24, 2.45) is 5.92 Å². The summed E-state index contributed by atoms with van der Waals surface area (Å²) in [6.45, 7) is 0.636. The summed E-state index contributed by atoms with van der Waals surface area (Å²) in [5, 5.41) is 11.9. The number of carbonyl (C=O) groups is 2. The summed E-state index contributed by atoms with van der Waals surface area (Å²) >= 11 is 1.48. The van der Waals surface area contributed by atoms with E-state index in [0.29, 0.717) is 24.1 Å². The fraction of sp³-hybridized carbons (Fsp3) is 0.667. The van der Waals surface area contributed by atoms with Crippen molar-refractivity contribution in [1.82, 2.24) is 10.2 Å². The molecule has 18 heavy (non-hydrogen) atoms. The first-order valence-electron chi connectivity index (χ1n) is 6.18. The van der Waals surface area contributed by atoms with E-state index < -0.39 is 12.0 Å². The number of amides is 2. The number of carboxylic acids is 1. The lowest BCUT2D eigenvalue weighted by Gasteiger charge is -2.23. The number of nitrogens with zero attached hydrogens (tertiary/aromatic N) is 1. The molecule has 0 aromatic carbocycles. The highest BCUT2D eigenvalue weighted by atomic mass is 32.2. The maximum absolute atomic E-state index is 11.9. The predicted molar refractivity (Wildman–Crippen MR) is 70.5 cm³/mol. The van der Waals surface area contributed by atoms with Crippen LogP contribution < -0.4 is 5.32 Å². The van der Waals surface area contributed by atoms with Crippen LogP contribution in [0.25, 0.3) is 0 Å². The van der Waals surface area contributed by atoms with Crippen LogP contribution in [0.3, 0.4) is 0 Å². The summed E-state index contributed by atoms with van der Waals surface area (Å²) in [6.07, 6.45) is 7.46. The molecule has 1 aliphatic carbocycles. The quantitative estimate of drug-likeness (QED) is 0.763. The van der Waals surface area contributed by atoms with E-state index in [4.69, 9.17) is 5.11 Å². The van der Waals surface area contributed by atoms with Gasteiger partial charge in [0.05, 0.1) is 5.88 Å². The number of carbonyl (C=O) groups excluding carboxylic acids is 1. The number of aliphatic carboxylic acids is 1. The average Bonchev–Trinajstić information content (AvgIpc) is 2.86. The summed E-state index contributed by atoms with van der Waals surface area (Å²) in [5.41, 5.74) is 0. The Hall–Kier alpha value is -1.17. The number of hydrogen-bond donors (Lipinski definition) is 2. The molecule has 2 aliphatic rings. The Labute approximate surface area is 111 Å². The Kier molecular flexibility index (Phi) is 4.52. The number of carboxylic acid groups (broad SMARTS) is 1. The molecule has 1 fully saturated rings. The van der Waals surface area contributed by atoms with Gasteiger partial charge in [-0.1, -0.05) is 12.2 Å². The molecule has 2 amide bonds. The van der Waals surface area contributed by atoms with Crippen molar-refractivity contribution in [2.45, 2.75) is 25.3 Å². The van der Waals surface area contributed by atoms with Gasteiger partial charge < -0.3 is 15.3 Å². The number of rotatable bonds is 3. The van der Waals surface area contributed by atoms with Crippen LogP contribution in [0.4, 0.5) is 4.79 Å². The Bertz CT molecular complexity index is 359. The second-order valence-electron chi connectivity index (χ2n) is 4.66. The van der Waals surface area contributed by atoms with E-state index in [1.807, 2.05) is 0 Å². The minimum atomic E-state index is -0.921. The lowest BCUT2D eigenvalue weighted by molar-refractivity contribution is -0.140. The molecular formula is C12H18N2O3S. The summed E-state index contributed by atoms with van der Waals surface area (Å²) in [5.74, 6) is 0.510. The van der Waals surface area contributed by atoms with E-state index in [0.717, 1.165) is 19.3 Å². The predicted octanol–water partition coefficient (Wildman–Crippen LogP) is 1.51. The van der Waals surface area contributed by atoms with Crippen LogP contribution in [0, 0.1) is 5.92 Å². The van der Waals surface area contributed by atoms with Gasteiger partial charge in [-0.25, -0.2) is 9.59 Å². The van der Waals surface area contributed by atoms with Gasteiger partial charge in [-0.2, -0.15) is 0 Å². The lowest BCUT2D eigenvalue weighted by Crippen LogP contribution is -2.47. The van der Waals surface area contributed by atoms with Gasteiger partial charge in [-0.3, -0.25) is 0 Å². The maximum atomic E-state index is 11.9. The highest BCUT2D eigenvalue weighted by Gasteiger charge is 2.34. The molecule has 0 aromatic heterocycles. The van der Waals surface area contributed by atoms with Crippen LogP contribution in [0.1, 0.15) is 19.3 Å². The average molecular weight is 270 g/mol. The Morgan fingerprint density at radius 2 is 2.28 bits per heavy atom. The molecule has 0 radical (unpaired) electrons. The summed E-state index contributed by atoms with van der Waals surface area (Å²) in [4.78, 5) is 24.3. The third-order valence-corrected chi connectivity index (χ3v) is 4.36. The van der Waals surface area contributed by atoms with E-state index >= 15 is 0 Å². The molecule has 1 saturated heterocycles. The third-order valence-electron chi connectivity index (χ3n) is 3.35. The molecule has 2 N–H and O–H groups in total. The minimum Gasteiger partial charge on any atom is -0.480 e. The lowest BCUT2D eigenvalue weighted by atomic mass is 9.94. The maximum Gasteiger partial charge on any atom is 0.327 e. The second-order valence-corrected chi connectivity index (χ2v) is 5.66. The Balaban J connectivity index is 1.80. The van der Waals surface area contributed by atoms with Gasteiger partial charge in [0.25, 0.3) is 0 Å². The highest BCUT2D eigenvalue weighted by molar-refractivity contribution is 7.99. The van der Waals surface area contributed by atoms with E-state index in [-0.39, 0.29) is 6.03 Å². The van der Waals surface area contributed by atoms with Crippen LogP contribution in [0.2, 0.25) is 0 Å². The molecule has 100 valence electrons. The van der Waals surface area contributed by atoms with Crippen LogP contribution in [0.15, 0.2) is 12.2 Å². The van der Waals surface area contributed by atoms with Crippen LogP contribution in [-0.4, -0.2) is 46.2 Å². The van der Waals surface area contributed by atoms with Gasteiger partial charge in [-0.15, -0.1) is 11.8 Å². The SMILES string of the molecule is O=C(O)C1CSCN1C(=O)NCC1CC=CCC1. The number of nitrogens with one attached hydrogen (secondary N) is 1. The van der Waals surface area contributed by atoms with Crippen molar-refractivity contribution in [2.75, 3.05) is 18.2 Å². The summed E-state index contributed by atoms with van der Waals surface area (Å²) in [6, 6.07) is -0.928. The molecule has 1 aliphatic heterocycles. The number of thioether (sulfide) groups is 1. The largest absolute Gasteiger partial charge is 0.480 e. The van der Waals surface area contributed by atoms with E-state index in [2.05, 4.69) is 17.5 Å². The molecule has 2 atom stereocenters. The fourth-order valence-corrected chi connectivity index (χ4v) is 3.37. The van der Waals surface area contributed by atoms with Gasteiger partial charge in [0.1, 0.15) is 6.04 Å². The molecule has 1 heterocycles. The van der Waals surface area contributed by atoms with Crippen LogP contribution >= 0.6 is 11.8 Å². The first-order chi connectivity index (χ1) is 8.68. The number of allylic oxidation sites excluding steroid dienone is 2. The van der Waals surface area contributed by atoms with Crippen molar-refractivity contribution >= 4 is 23.8 Å². The van der Waals surface area contributed by atoms with Gasteiger partial charge in [0.15, 0.2) is 0 Å². The molecule has 2 unspecified atom stereocenters. The monoisotopic (exact) mass is 270 g/mol. The molecule has 6 heteroatoms. The van der Waals surface area contributed by atoms with Gasteiger partial charge in [0.2, 0.25) is 0 Å². The number of urea groups is 1. The van der Waals surface area contributed by atoms with Crippen molar-refractivity contribution in [3.63, 3.8) is 0 Å². The molecule has 0 spiro atoms. The van der Waals surface area contributed by atoms with Gasteiger partial charge in [0, 0.05) is 12.3 Å². The van der Waals surface area contributed by atoms with Crippen LogP contribution in [0.5, 0.6) is 0 Å². The Morgan fingerprint density at radius 3 is 2.94 bits per heavy atom. The van der Waals surface area contributed by atoms with Crippen molar-refractivity contribution in [3.05, 3.63) is 12.2 Å². The van der Waals surface area contributed by atoms with E-state index in [9.17, 15) is 9.59 Å². The fourth-order valence-electron chi connectivity index (χ4n) is 2.22. The standard InChI is InChI=1S/C12H18N2O3S/c15-11(16)10-7-18-8-14(10)12(17)13-6-9-4-2-1-3-5-9/h1-2,9-10H,3-8H2,(H,13,17)(H,15,16). The zero-order chi connectivity index (χ0) is 13.0.